The summed E-state index contributed by atoms with van der Waals surface area (Å²) < 4.78 is 6.18. The van der Waals surface area contributed by atoms with Gasteiger partial charge in [-0.05, 0) is 74.1 Å². The number of aliphatic hydroxyl groups excluding tert-OH is 1. The van der Waals surface area contributed by atoms with Gasteiger partial charge in [-0.25, -0.2) is 0 Å². The van der Waals surface area contributed by atoms with Gasteiger partial charge in [-0.15, -0.1) is 0 Å². The summed E-state index contributed by atoms with van der Waals surface area (Å²) in [4.78, 5) is 12.0. The van der Waals surface area contributed by atoms with E-state index < -0.39 is 5.91 Å². The number of aryl methyl sites for hydroxylation is 1. The molecule has 5 heteroatoms. The standard InChI is InChI=1S/C26H28N2O3/c1-17-5-4-6-21(15-17)31-25-8-3-2-7-22(25)18-9-14-23(26(27)30)24(16-18)28-19-10-12-20(29)13-11-19/h2-9,14-16,19-20,28-29H,10-13H2,1H3,(H2,27,30). The van der Waals surface area contributed by atoms with Crippen molar-refractivity contribution < 1.29 is 14.6 Å². The second-order valence-corrected chi connectivity index (χ2v) is 8.19. The fraction of sp³-hybridized carbons (Fsp3) is 0.269. The summed E-state index contributed by atoms with van der Waals surface area (Å²) in [5.41, 5.74) is 9.82. The van der Waals surface area contributed by atoms with Crippen molar-refractivity contribution >= 4 is 11.6 Å². The van der Waals surface area contributed by atoms with Gasteiger partial charge in [-0.3, -0.25) is 4.79 Å². The maximum atomic E-state index is 12.0. The zero-order chi connectivity index (χ0) is 21.8. The number of anilines is 1. The first-order valence-electron chi connectivity index (χ1n) is 10.7. The molecular weight excluding hydrogens is 388 g/mol. The highest BCUT2D eigenvalue weighted by Crippen LogP contribution is 2.36. The molecule has 3 aromatic rings. The summed E-state index contributed by atoms with van der Waals surface area (Å²) in [5, 5.41) is 13.3. The molecule has 0 radical (unpaired) electrons. The largest absolute Gasteiger partial charge is 0.457 e. The van der Waals surface area contributed by atoms with Crippen molar-refractivity contribution in [3.63, 3.8) is 0 Å². The molecular formula is C26H28N2O3. The smallest absolute Gasteiger partial charge is 0.250 e. The molecule has 0 unspecified atom stereocenters. The molecule has 1 amide bonds. The Morgan fingerprint density at radius 2 is 1.77 bits per heavy atom. The Balaban J connectivity index is 1.66. The molecule has 0 bridgehead atoms. The van der Waals surface area contributed by atoms with Gasteiger partial charge in [0.15, 0.2) is 0 Å². The third kappa shape index (κ3) is 5.06. The van der Waals surface area contributed by atoms with Crippen molar-refractivity contribution in [1.82, 2.24) is 0 Å². The highest BCUT2D eigenvalue weighted by Gasteiger charge is 2.21. The van der Waals surface area contributed by atoms with E-state index in [1.54, 1.807) is 6.07 Å². The average molecular weight is 417 g/mol. The van der Waals surface area contributed by atoms with Gasteiger partial charge in [0.1, 0.15) is 11.5 Å². The van der Waals surface area contributed by atoms with E-state index in [1.807, 2.05) is 67.6 Å². The number of carbonyl (C=O) groups is 1. The van der Waals surface area contributed by atoms with Crippen LogP contribution < -0.4 is 15.8 Å². The number of ether oxygens (including phenoxy) is 1. The first-order chi connectivity index (χ1) is 15.0. The molecule has 1 aliphatic carbocycles. The number of primary amides is 1. The average Bonchev–Trinajstić information content (AvgIpc) is 2.75. The summed E-state index contributed by atoms with van der Waals surface area (Å²) in [6.07, 6.45) is 3.01. The van der Waals surface area contributed by atoms with Crippen molar-refractivity contribution in [2.24, 2.45) is 5.73 Å². The number of hydrogen-bond donors (Lipinski definition) is 3. The number of rotatable bonds is 6. The SMILES string of the molecule is Cc1cccc(Oc2ccccc2-c2ccc(C(N)=O)c(NC3CCC(O)CC3)c2)c1. The first-order valence-corrected chi connectivity index (χ1v) is 10.7. The van der Waals surface area contributed by atoms with Crippen LogP contribution in [0.2, 0.25) is 0 Å². The molecule has 3 aromatic carbocycles. The lowest BCUT2D eigenvalue weighted by Gasteiger charge is -2.28. The normalized spacial score (nSPS) is 18.4. The number of aliphatic hydroxyl groups is 1. The van der Waals surface area contributed by atoms with Gasteiger partial charge in [0, 0.05) is 17.3 Å². The van der Waals surface area contributed by atoms with Gasteiger partial charge in [0.05, 0.1) is 11.7 Å². The monoisotopic (exact) mass is 416 g/mol. The molecule has 4 N–H and O–H groups in total. The zero-order valence-corrected chi connectivity index (χ0v) is 17.7. The summed E-state index contributed by atoms with van der Waals surface area (Å²) in [6.45, 7) is 2.03. The Bertz CT molecular complexity index is 1070. The van der Waals surface area contributed by atoms with Gasteiger partial charge in [-0.1, -0.05) is 36.4 Å². The van der Waals surface area contributed by atoms with Crippen LogP contribution in [0.1, 0.15) is 41.6 Å². The van der Waals surface area contributed by atoms with E-state index in [0.29, 0.717) is 5.56 Å². The fourth-order valence-electron chi connectivity index (χ4n) is 4.09. The Hall–Kier alpha value is -3.31. The Morgan fingerprint density at radius 3 is 2.52 bits per heavy atom. The van der Waals surface area contributed by atoms with Gasteiger partial charge in [0.25, 0.3) is 5.91 Å². The van der Waals surface area contributed by atoms with E-state index in [9.17, 15) is 9.90 Å². The molecule has 0 saturated heterocycles. The van der Waals surface area contributed by atoms with E-state index in [0.717, 1.165) is 59.6 Å². The number of nitrogens with one attached hydrogen (secondary N) is 1. The molecule has 0 heterocycles. The summed E-state index contributed by atoms with van der Waals surface area (Å²) >= 11 is 0. The Morgan fingerprint density at radius 1 is 1.00 bits per heavy atom. The number of amides is 1. The third-order valence-electron chi connectivity index (χ3n) is 5.76. The minimum Gasteiger partial charge on any atom is -0.457 e. The lowest BCUT2D eigenvalue weighted by atomic mass is 9.92. The second kappa shape index (κ2) is 9.23. The van der Waals surface area contributed by atoms with Crippen molar-refractivity contribution in [2.75, 3.05) is 5.32 Å². The van der Waals surface area contributed by atoms with E-state index >= 15 is 0 Å². The van der Waals surface area contributed by atoms with Crippen molar-refractivity contribution in [1.29, 1.82) is 0 Å². The summed E-state index contributed by atoms with van der Waals surface area (Å²) in [5.74, 6) is 1.06. The molecule has 1 saturated carbocycles. The number of nitrogens with two attached hydrogens (primary N) is 1. The molecule has 31 heavy (non-hydrogen) atoms. The van der Waals surface area contributed by atoms with Gasteiger partial charge in [-0.2, -0.15) is 0 Å². The number of benzene rings is 3. The van der Waals surface area contributed by atoms with E-state index in [-0.39, 0.29) is 12.1 Å². The number of hydrogen-bond acceptors (Lipinski definition) is 4. The number of para-hydroxylation sites is 1. The topological polar surface area (TPSA) is 84.6 Å². The molecule has 0 aromatic heterocycles. The van der Waals surface area contributed by atoms with Crippen molar-refractivity contribution in [2.45, 2.75) is 44.8 Å². The van der Waals surface area contributed by atoms with Crippen LogP contribution in [0.25, 0.3) is 11.1 Å². The van der Waals surface area contributed by atoms with Crippen molar-refractivity contribution in [3.8, 4) is 22.6 Å². The predicted octanol–water partition coefficient (Wildman–Crippen LogP) is 5.27. The lowest BCUT2D eigenvalue weighted by molar-refractivity contribution is 0.100. The molecule has 0 atom stereocenters. The van der Waals surface area contributed by atoms with E-state index in [1.165, 1.54) is 0 Å². The first kappa shape index (κ1) is 20.9. The van der Waals surface area contributed by atoms with Crippen LogP contribution in [0.3, 0.4) is 0 Å². The molecule has 1 fully saturated rings. The minimum absolute atomic E-state index is 0.204. The predicted molar refractivity (Wildman–Crippen MR) is 124 cm³/mol. The van der Waals surface area contributed by atoms with Crippen LogP contribution in [0.5, 0.6) is 11.5 Å². The van der Waals surface area contributed by atoms with Crippen molar-refractivity contribution in [3.05, 3.63) is 77.9 Å². The third-order valence-corrected chi connectivity index (χ3v) is 5.76. The van der Waals surface area contributed by atoms with Crippen LogP contribution in [0.4, 0.5) is 5.69 Å². The zero-order valence-electron chi connectivity index (χ0n) is 17.7. The van der Waals surface area contributed by atoms with Crippen LogP contribution in [-0.4, -0.2) is 23.2 Å². The maximum absolute atomic E-state index is 12.0. The maximum Gasteiger partial charge on any atom is 0.250 e. The summed E-state index contributed by atoms with van der Waals surface area (Å²) in [7, 11) is 0. The minimum atomic E-state index is -0.464. The molecule has 0 aliphatic heterocycles. The second-order valence-electron chi connectivity index (χ2n) is 8.19. The van der Waals surface area contributed by atoms with Gasteiger partial charge in [0.2, 0.25) is 0 Å². The quantitative estimate of drug-likeness (QED) is 0.511. The molecule has 5 nitrogen and oxygen atoms in total. The molecule has 1 aliphatic rings. The van der Waals surface area contributed by atoms with E-state index in [2.05, 4.69) is 5.32 Å². The molecule has 0 spiro atoms. The Labute approximate surface area is 182 Å². The fourth-order valence-corrected chi connectivity index (χ4v) is 4.09. The molecule has 4 rings (SSSR count). The van der Waals surface area contributed by atoms with Gasteiger partial charge >= 0.3 is 0 Å². The lowest BCUT2D eigenvalue weighted by Crippen LogP contribution is -2.29. The highest BCUT2D eigenvalue weighted by atomic mass is 16.5. The van der Waals surface area contributed by atoms with Crippen LogP contribution in [0.15, 0.2) is 66.7 Å². The number of carbonyl (C=O) groups excluding carboxylic acids is 1. The van der Waals surface area contributed by atoms with Crippen LogP contribution >= 0.6 is 0 Å². The highest BCUT2D eigenvalue weighted by molar-refractivity contribution is 5.99. The summed E-state index contributed by atoms with van der Waals surface area (Å²) in [6, 6.07) is 21.6. The van der Waals surface area contributed by atoms with Crippen LogP contribution in [-0.2, 0) is 0 Å². The molecule has 160 valence electrons. The Kier molecular flexibility index (Phi) is 6.23. The van der Waals surface area contributed by atoms with Gasteiger partial charge < -0.3 is 20.9 Å². The van der Waals surface area contributed by atoms with Crippen LogP contribution in [0, 0.1) is 6.92 Å². The van der Waals surface area contributed by atoms with E-state index in [4.69, 9.17) is 10.5 Å².